The van der Waals surface area contributed by atoms with Gasteiger partial charge in [-0.3, -0.25) is 14.3 Å². The van der Waals surface area contributed by atoms with Gasteiger partial charge in [0, 0.05) is 31.2 Å². The number of carbonyl (C=O) groups excluding carboxylic acids is 1. The van der Waals surface area contributed by atoms with E-state index in [2.05, 4.69) is 32.2 Å². The molecule has 182 valence electrons. The van der Waals surface area contributed by atoms with Crippen molar-refractivity contribution in [2.24, 2.45) is 7.05 Å². The predicted molar refractivity (Wildman–Crippen MR) is 139 cm³/mol. The summed E-state index contributed by atoms with van der Waals surface area (Å²) >= 11 is 0. The number of amides is 1. The maximum atomic E-state index is 14.0. The zero-order valence-electron chi connectivity index (χ0n) is 20.1. The van der Waals surface area contributed by atoms with E-state index in [1.807, 2.05) is 37.4 Å². The molecule has 1 atom stereocenters. The fourth-order valence-corrected chi connectivity index (χ4v) is 4.02. The van der Waals surface area contributed by atoms with Crippen LogP contribution in [0.25, 0.3) is 22.1 Å². The Labute approximate surface area is 212 Å². The standard InChI is InChI=1S/C28H22N6O3/c1-17(33-28(36)24-27(29)31-14-13-30-24)26-23(19-7-4-3-5-8-19)25(35)22-20(9-6-10-21(22)37-26)12-11-18-15-32-34(2)16-18/h3-10,13-17H,1-2H3,(H2,29,31)(H,33,36)/t17-/m0/s1. The van der Waals surface area contributed by atoms with Crippen LogP contribution in [0, 0.1) is 11.8 Å². The Morgan fingerprint density at radius 1 is 1.08 bits per heavy atom. The third-order valence-corrected chi connectivity index (χ3v) is 5.74. The minimum atomic E-state index is -0.689. The van der Waals surface area contributed by atoms with Gasteiger partial charge in [-0.25, -0.2) is 9.97 Å². The van der Waals surface area contributed by atoms with Gasteiger partial charge in [0.1, 0.15) is 11.3 Å². The number of nitrogens with two attached hydrogens (primary N) is 1. The molecule has 0 unspecified atom stereocenters. The minimum absolute atomic E-state index is 0.00674. The number of anilines is 1. The van der Waals surface area contributed by atoms with E-state index in [1.165, 1.54) is 12.4 Å². The Bertz CT molecular complexity index is 1750. The Hall–Kier alpha value is -5.23. The SMILES string of the molecule is C[C@H](NC(=O)c1nccnc1N)c1oc2cccc(C#Cc3cnn(C)c3)c2c(=O)c1-c1ccccc1. The number of hydrogen-bond acceptors (Lipinski definition) is 7. The van der Waals surface area contributed by atoms with Crippen molar-refractivity contribution in [2.45, 2.75) is 13.0 Å². The summed E-state index contributed by atoms with van der Waals surface area (Å²) < 4.78 is 7.95. The molecule has 0 saturated heterocycles. The van der Waals surface area contributed by atoms with Crippen molar-refractivity contribution in [1.82, 2.24) is 25.1 Å². The van der Waals surface area contributed by atoms with Crippen LogP contribution in [0.15, 0.2) is 82.5 Å². The van der Waals surface area contributed by atoms with Crippen LogP contribution < -0.4 is 16.5 Å². The highest BCUT2D eigenvalue weighted by atomic mass is 16.3. The minimum Gasteiger partial charge on any atom is -0.458 e. The summed E-state index contributed by atoms with van der Waals surface area (Å²) in [5.41, 5.74) is 8.17. The van der Waals surface area contributed by atoms with Crippen LogP contribution in [0.1, 0.15) is 40.3 Å². The molecule has 0 aliphatic heterocycles. The highest BCUT2D eigenvalue weighted by Gasteiger charge is 2.24. The van der Waals surface area contributed by atoms with Crippen LogP contribution in [0.4, 0.5) is 5.82 Å². The Kier molecular flexibility index (Phi) is 6.22. The number of aromatic nitrogens is 4. The first-order valence-corrected chi connectivity index (χ1v) is 11.5. The first-order chi connectivity index (χ1) is 17.9. The molecule has 0 fully saturated rings. The van der Waals surface area contributed by atoms with Crippen molar-refractivity contribution in [3.8, 4) is 23.0 Å². The van der Waals surface area contributed by atoms with Gasteiger partial charge in [-0.1, -0.05) is 48.2 Å². The molecule has 0 radical (unpaired) electrons. The van der Waals surface area contributed by atoms with Crippen LogP contribution >= 0.6 is 0 Å². The molecule has 0 bridgehead atoms. The molecule has 1 amide bonds. The number of aryl methyl sites for hydroxylation is 1. The average molecular weight is 491 g/mol. The maximum Gasteiger partial charge on any atom is 0.274 e. The number of benzene rings is 2. The average Bonchev–Trinajstić information content (AvgIpc) is 3.32. The maximum absolute atomic E-state index is 14.0. The highest BCUT2D eigenvalue weighted by molar-refractivity contribution is 5.96. The van der Waals surface area contributed by atoms with Crippen molar-refractivity contribution in [2.75, 3.05) is 5.73 Å². The second kappa shape index (κ2) is 9.79. The van der Waals surface area contributed by atoms with E-state index in [9.17, 15) is 9.59 Å². The van der Waals surface area contributed by atoms with Crippen LogP contribution in [0.5, 0.6) is 0 Å². The number of nitrogen functional groups attached to an aromatic ring is 1. The normalized spacial score (nSPS) is 11.5. The van der Waals surface area contributed by atoms with Crippen molar-refractivity contribution >= 4 is 22.7 Å². The van der Waals surface area contributed by atoms with Gasteiger partial charge in [0.2, 0.25) is 5.43 Å². The quantitative estimate of drug-likeness (QED) is 0.369. The molecule has 0 aliphatic carbocycles. The molecular formula is C28H22N6O3. The van der Waals surface area contributed by atoms with E-state index >= 15 is 0 Å². The van der Waals surface area contributed by atoms with Gasteiger partial charge in [0.15, 0.2) is 11.5 Å². The summed E-state index contributed by atoms with van der Waals surface area (Å²) in [4.78, 5) is 34.8. The lowest BCUT2D eigenvalue weighted by molar-refractivity contribution is 0.0931. The molecule has 5 aromatic rings. The van der Waals surface area contributed by atoms with Crippen molar-refractivity contribution in [3.05, 3.63) is 106 Å². The Morgan fingerprint density at radius 2 is 1.86 bits per heavy atom. The summed E-state index contributed by atoms with van der Waals surface area (Å²) in [6, 6.07) is 13.7. The van der Waals surface area contributed by atoms with E-state index < -0.39 is 11.9 Å². The first kappa shape index (κ1) is 23.5. The van der Waals surface area contributed by atoms with Crippen LogP contribution in [-0.4, -0.2) is 25.7 Å². The van der Waals surface area contributed by atoms with Crippen molar-refractivity contribution < 1.29 is 9.21 Å². The van der Waals surface area contributed by atoms with Crippen molar-refractivity contribution in [1.29, 1.82) is 0 Å². The van der Waals surface area contributed by atoms with Crippen LogP contribution in [0.3, 0.4) is 0 Å². The van der Waals surface area contributed by atoms with E-state index in [0.29, 0.717) is 33.4 Å². The molecule has 3 N–H and O–H groups in total. The summed E-state index contributed by atoms with van der Waals surface area (Å²) in [5, 5.41) is 7.31. The van der Waals surface area contributed by atoms with Gasteiger partial charge < -0.3 is 15.5 Å². The second-order valence-electron chi connectivity index (χ2n) is 8.35. The molecule has 2 aromatic carbocycles. The van der Waals surface area contributed by atoms with Gasteiger partial charge in [-0.05, 0) is 24.6 Å². The van der Waals surface area contributed by atoms with E-state index in [0.717, 1.165) is 5.56 Å². The number of rotatable bonds is 4. The predicted octanol–water partition coefficient (Wildman–Crippen LogP) is 3.46. The number of nitrogens with one attached hydrogen (secondary N) is 1. The Morgan fingerprint density at radius 3 is 2.59 bits per heavy atom. The smallest absolute Gasteiger partial charge is 0.274 e. The van der Waals surface area contributed by atoms with Crippen molar-refractivity contribution in [3.63, 3.8) is 0 Å². The molecule has 0 aliphatic rings. The molecule has 37 heavy (non-hydrogen) atoms. The zero-order chi connectivity index (χ0) is 25.9. The van der Waals surface area contributed by atoms with Crippen LogP contribution in [0.2, 0.25) is 0 Å². The fourth-order valence-electron chi connectivity index (χ4n) is 4.02. The molecule has 0 saturated carbocycles. The lowest BCUT2D eigenvalue weighted by atomic mass is 9.97. The molecular weight excluding hydrogens is 468 g/mol. The summed E-state index contributed by atoms with van der Waals surface area (Å²) in [6.45, 7) is 1.73. The summed E-state index contributed by atoms with van der Waals surface area (Å²) in [6.07, 6.45) is 6.24. The third kappa shape index (κ3) is 4.68. The largest absolute Gasteiger partial charge is 0.458 e. The van der Waals surface area contributed by atoms with Gasteiger partial charge >= 0.3 is 0 Å². The molecule has 0 spiro atoms. The van der Waals surface area contributed by atoms with E-state index in [1.54, 1.807) is 42.2 Å². The number of carbonyl (C=O) groups is 1. The molecule has 3 aromatic heterocycles. The summed E-state index contributed by atoms with van der Waals surface area (Å²) in [5.74, 6) is 5.91. The first-order valence-electron chi connectivity index (χ1n) is 11.5. The van der Waals surface area contributed by atoms with Gasteiger partial charge in [0.25, 0.3) is 5.91 Å². The molecule has 3 heterocycles. The summed E-state index contributed by atoms with van der Waals surface area (Å²) in [7, 11) is 1.81. The van der Waals surface area contributed by atoms with Gasteiger partial charge in [-0.15, -0.1) is 0 Å². The van der Waals surface area contributed by atoms with Gasteiger partial charge in [-0.2, -0.15) is 5.10 Å². The fraction of sp³-hybridized carbons (Fsp3) is 0.107. The van der Waals surface area contributed by atoms with E-state index in [4.69, 9.17) is 10.2 Å². The molecule has 9 nitrogen and oxygen atoms in total. The van der Waals surface area contributed by atoms with Gasteiger partial charge in [0.05, 0.1) is 28.8 Å². The zero-order valence-corrected chi connectivity index (χ0v) is 20.1. The number of fused-ring (bicyclic) bond motifs is 1. The Balaban J connectivity index is 1.65. The second-order valence-corrected chi connectivity index (χ2v) is 8.35. The lowest BCUT2D eigenvalue weighted by Gasteiger charge is -2.18. The van der Waals surface area contributed by atoms with Crippen LogP contribution in [-0.2, 0) is 7.05 Å². The number of hydrogen-bond donors (Lipinski definition) is 2. The number of nitrogens with zero attached hydrogens (tertiary/aromatic N) is 4. The molecule has 9 heteroatoms. The topological polar surface area (TPSA) is 129 Å². The lowest BCUT2D eigenvalue weighted by Crippen LogP contribution is -2.29. The monoisotopic (exact) mass is 490 g/mol. The van der Waals surface area contributed by atoms with E-state index in [-0.39, 0.29) is 16.9 Å². The molecule has 5 rings (SSSR count). The highest BCUT2D eigenvalue weighted by Crippen LogP contribution is 2.30. The third-order valence-electron chi connectivity index (χ3n) is 5.74.